The maximum absolute atomic E-state index is 12.5. The highest BCUT2D eigenvalue weighted by Gasteiger charge is 2.16. The van der Waals surface area contributed by atoms with Gasteiger partial charge in [0, 0.05) is 27.1 Å². The van der Waals surface area contributed by atoms with Crippen molar-refractivity contribution in [3.05, 3.63) is 53.1 Å². The van der Waals surface area contributed by atoms with E-state index in [1.807, 2.05) is 43.7 Å². The predicted octanol–water partition coefficient (Wildman–Crippen LogP) is 2.60. The minimum Gasteiger partial charge on any atom is -0.383 e. The molecule has 8 nitrogen and oxygen atoms in total. The van der Waals surface area contributed by atoms with Gasteiger partial charge in [-0.3, -0.25) is 9.48 Å². The Balaban J connectivity index is 1.68. The molecule has 0 aliphatic rings. The molecule has 9 heteroatoms. The van der Waals surface area contributed by atoms with Gasteiger partial charge in [0.1, 0.15) is 5.82 Å². The van der Waals surface area contributed by atoms with Crippen molar-refractivity contribution in [2.75, 3.05) is 24.8 Å². The summed E-state index contributed by atoms with van der Waals surface area (Å²) in [6.07, 6.45) is 0.679. The zero-order chi connectivity index (χ0) is 20.8. The van der Waals surface area contributed by atoms with Gasteiger partial charge >= 0.3 is 0 Å². The standard InChI is InChI=1S/C20H26N6O2S/c1-14-19(15(2)25(3)24-14)21-18(27)13-29-20-23-22-17(26(20)10-11-28-4)12-16-8-6-5-7-9-16/h5-9H,10-13H2,1-4H3,(H,21,27). The summed E-state index contributed by atoms with van der Waals surface area (Å²) in [5.41, 5.74) is 3.66. The summed E-state index contributed by atoms with van der Waals surface area (Å²) in [4.78, 5) is 12.5. The summed E-state index contributed by atoms with van der Waals surface area (Å²) in [5, 5.41) is 16.6. The van der Waals surface area contributed by atoms with E-state index in [1.54, 1.807) is 11.8 Å². The summed E-state index contributed by atoms with van der Waals surface area (Å²) < 4.78 is 9.02. The van der Waals surface area contributed by atoms with Gasteiger partial charge in [0.15, 0.2) is 5.16 Å². The van der Waals surface area contributed by atoms with Crippen LogP contribution in [0.4, 0.5) is 5.69 Å². The van der Waals surface area contributed by atoms with Crippen LogP contribution in [0.15, 0.2) is 35.5 Å². The fourth-order valence-electron chi connectivity index (χ4n) is 3.00. The number of hydrogen-bond donors (Lipinski definition) is 1. The van der Waals surface area contributed by atoms with Crippen molar-refractivity contribution in [2.45, 2.75) is 32.0 Å². The molecular weight excluding hydrogens is 388 g/mol. The summed E-state index contributed by atoms with van der Waals surface area (Å²) in [6.45, 7) is 5.00. The van der Waals surface area contributed by atoms with Crippen molar-refractivity contribution in [1.29, 1.82) is 0 Å². The van der Waals surface area contributed by atoms with E-state index in [9.17, 15) is 4.79 Å². The first-order valence-electron chi connectivity index (χ1n) is 9.37. The van der Waals surface area contributed by atoms with E-state index in [-0.39, 0.29) is 11.7 Å². The maximum Gasteiger partial charge on any atom is 0.234 e. The number of anilines is 1. The van der Waals surface area contributed by atoms with Gasteiger partial charge in [-0.15, -0.1) is 10.2 Å². The topological polar surface area (TPSA) is 86.9 Å². The van der Waals surface area contributed by atoms with E-state index < -0.39 is 0 Å². The van der Waals surface area contributed by atoms with Gasteiger partial charge in [-0.2, -0.15) is 5.10 Å². The molecule has 0 unspecified atom stereocenters. The Kier molecular flexibility index (Phi) is 7.05. The summed E-state index contributed by atoms with van der Waals surface area (Å²) in [7, 11) is 3.53. The van der Waals surface area contributed by atoms with E-state index in [1.165, 1.54) is 11.8 Å². The van der Waals surface area contributed by atoms with E-state index >= 15 is 0 Å². The molecule has 0 spiro atoms. The molecule has 0 saturated carbocycles. The lowest BCUT2D eigenvalue weighted by Gasteiger charge is -2.10. The first-order chi connectivity index (χ1) is 14.0. The third kappa shape index (κ3) is 5.24. The molecule has 1 amide bonds. The highest BCUT2D eigenvalue weighted by Crippen LogP contribution is 2.21. The number of rotatable bonds is 9. The minimum atomic E-state index is -0.0971. The lowest BCUT2D eigenvalue weighted by atomic mass is 10.1. The average molecular weight is 415 g/mol. The molecule has 154 valence electrons. The molecule has 0 radical (unpaired) electrons. The highest BCUT2D eigenvalue weighted by molar-refractivity contribution is 7.99. The van der Waals surface area contributed by atoms with Crippen molar-refractivity contribution >= 4 is 23.4 Å². The fraction of sp³-hybridized carbons (Fsp3) is 0.400. The molecule has 1 aromatic carbocycles. The number of nitrogens with one attached hydrogen (secondary N) is 1. The number of carbonyl (C=O) groups excluding carboxylic acids is 1. The zero-order valence-electron chi connectivity index (χ0n) is 17.2. The van der Waals surface area contributed by atoms with Gasteiger partial charge < -0.3 is 14.6 Å². The molecule has 3 aromatic rings. The second-order valence-corrected chi connectivity index (χ2v) is 7.65. The predicted molar refractivity (Wildman–Crippen MR) is 113 cm³/mol. The molecule has 0 saturated heterocycles. The summed E-state index contributed by atoms with van der Waals surface area (Å²) >= 11 is 1.37. The zero-order valence-corrected chi connectivity index (χ0v) is 18.0. The van der Waals surface area contributed by atoms with Gasteiger partial charge in [0.25, 0.3) is 0 Å². The van der Waals surface area contributed by atoms with Crippen LogP contribution in [-0.2, 0) is 29.5 Å². The second-order valence-electron chi connectivity index (χ2n) is 6.71. The van der Waals surface area contributed by atoms with Crippen LogP contribution in [0, 0.1) is 13.8 Å². The number of aromatic nitrogens is 5. The van der Waals surface area contributed by atoms with Crippen LogP contribution in [0.5, 0.6) is 0 Å². The Hall–Kier alpha value is -2.65. The molecule has 0 bridgehead atoms. The molecule has 29 heavy (non-hydrogen) atoms. The van der Waals surface area contributed by atoms with Crippen molar-refractivity contribution in [3.63, 3.8) is 0 Å². The molecule has 1 N–H and O–H groups in total. The molecule has 3 rings (SSSR count). The van der Waals surface area contributed by atoms with Gasteiger partial charge in [-0.1, -0.05) is 42.1 Å². The molecule has 0 fully saturated rings. The first kappa shape index (κ1) is 21.1. The summed E-state index contributed by atoms with van der Waals surface area (Å²) in [5.74, 6) is 1.000. The molecule has 0 aliphatic heterocycles. The quantitative estimate of drug-likeness (QED) is 0.542. The number of hydrogen-bond acceptors (Lipinski definition) is 6. The monoisotopic (exact) mass is 414 g/mol. The van der Waals surface area contributed by atoms with E-state index in [2.05, 4.69) is 32.7 Å². The van der Waals surface area contributed by atoms with Gasteiger partial charge in [0.2, 0.25) is 5.91 Å². The highest BCUT2D eigenvalue weighted by atomic mass is 32.2. The second kappa shape index (κ2) is 9.71. The molecule has 2 aromatic heterocycles. The third-order valence-corrected chi connectivity index (χ3v) is 5.59. The largest absolute Gasteiger partial charge is 0.383 e. The van der Waals surface area contributed by atoms with Gasteiger partial charge in [-0.25, -0.2) is 0 Å². The Morgan fingerprint density at radius 2 is 1.97 bits per heavy atom. The molecule has 2 heterocycles. The Labute approximate surface area is 174 Å². The number of methoxy groups -OCH3 is 1. The number of nitrogens with zero attached hydrogens (tertiary/aromatic N) is 5. The Bertz CT molecular complexity index is 967. The van der Waals surface area contributed by atoms with Crippen LogP contribution in [0.1, 0.15) is 22.8 Å². The first-order valence-corrected chi connectivity index (χ1v) is 10.4. The lowest BCUT2D eigenvalue weighted by Crippen LogP contribution is -2.16. The lowest BCUT2D eigenvalue weighted by molar-refractivity contribution is -0.113. The average Bonchev–Trinajstić information content (AvgIpc) is 3.20. The molecule has 0 atom stereocenters. The van der Waals surface area contributed by atoms with E-state index in [0.29, 0.717) is 24.7 Å². The number of amides is 1. The number of benzene rings is 1. The van der Waals surface area contributed by atoms with Crippen molar-refractivity contribution < 1.29 is 9.53 Å². The SMILES string of the molecule is COCCn1c(Cc2ccccc2)nnc1SCC(=O)Nc1c(C)nn(C)c1C. The van der Waals surface area contributed by atoms with Crippen LogP contribution < -0.4 is 5.32 Å². The van der Waals surface area contributed by atoms with Crippen molar-refractivity contribution in [2.24, 2.45) is 7.05 Å². The van der Waals surface area contributed by atoms with Crippen LogP contribution in [0.3, 0.4) is 0 Å². The maximum atomic E-state index is 12.5. The van der Waals surface area contributed by atoms with Gasteiger partial charge in [-0.05, 0) is 19.4 Å². The third-order valence-electron chi connectivity index (χ3n) is 4.62. The number of ether oxygens (including phenoxy) is 1. The minimum absolute atomic E-state index is 0.0971. The normalized spacial score (nSPS) is 11.0. The van der Waals surface area contributed by atoms with Crippen LogP contribution in [0.25, 0.3) is 0 Å². The fourth-order valence-corrected chi connectivity index (χ4v) is 3.79. The van der Waals surface area contributed by atoms with Crippen molar-refractivity contribution in [1.82, 2.24) is 24.5 Å². The van der Waals surface area contributed by atoms with Gasteiger partial charge in [0.05, 0.1) is 29.4 Å². The van der Waals surface area contributed by atoms with Crippen LogP contribution >= 0.6 is 11.8 Å². The Morgan fingerprint density at radius 1 is 1.21 bits per heavy atom. The smallest absolute Gasteiger partial charge is 0.234 e. The number of carbonyl (C=O) groups is 1. The Morgan fingerprint density at radius 3 is 2.62 bits per heavy atom. The molecular formula is C20H26N6O2S. The number of aryl methyl sites for hydroxylation is 2. The van der Waals surface area contributed by atoms with Crippen molar-refractivity contribution in [3.8, 4) is 0 Å². The summed E-state index contributed by atoms with van der Waals surface area (Å²) in [6, 6.07) is 10.1. The van der Waals surface area contributed by atoms with Crippen LogP contribution in [-0.4, -0.2) is 49.9 Å². The molecule has 0 aliphatic carbocycles. The van der Waals surface area contributed by atoms with E-state index in [0.717, 1.165) is 28.5 Å². The van der Waals surface area contributed by atoms with Crippen LogP contribution in [0.2, 0.25) is 0 Å². The number of thioether (sulfide) groups is 1. The van der Waals surface area contributed by atoms with E-state index in [4.69, 9.17) is 4.74 Å².